The lowest BCUT2D eigenvalue weighted by Crippen LogP contribution is -2.62. The van der Waals surface area contributed by atoms with Crippen molar-refractivity contribution < 1.29 is 28.8 Å². The smallest absolute Gasteiger partial charge is 0.289 e. The molecular weight excluding hydrogens is 686 g/mol. The molecule has 1 unspecified atom stereocenters. The van der Waals surface area contributed by atoms with Gasteiger partial charge in [0.25, 0.3) is 11.8 Å². The SMILES string of the molecule is CCCNC(=O)C(=O)C(CC1CC1)NC(=O)[C@@H]1[C@H]2C[C@H]2CN1C(=O)[C@@H](NC(=O)[C@@H](NC(=O)c1cnccn1)C1(C)CCCCC1)C1Cc2ccccc2C1. The van der Waals surface area contributed by atoms with Crippen LogP contribution < -0.4 is 21.3 Å². The van der Waals surface area contributed by atoms with Crippen molar-refractivity contribution in [3.8, 4) is 0 Å². The van der Waals surface area contributed by atoms with Crippen LogP contribution in [0.25, 0.3) is 0 Å². The minimum Gasteiger partial charge on any atom is -0.349 e. The molecule has 4 fully saturated rings. The van der Waals surface area contributed by atoms with Gasteiger partial charge in [0.05, 0.1) is 12.2 Å². The molecule has 4 aliphatic carbocycles. The van der Waals surface area contributed by atoms with E-state index in [1.54, 1.807) is 4.90 Å². The number of Topliss-reactive ketones (excluding diaryl/α,β-unsaturated/α-hetero) is 1. The molecule has 54 heavy (non-hydrogen) atoms. The standard InChI is InChI=1S/C41H53N7O6/c1-3-15-44-38(52)34(49)30(18-24-11-12-24)45-37(51)33-29-21-28(29)23-48(33)40(54)32(27-19-25-9-5-6-10-26(25)20-27)46-39(53)35(41(2)13-7-4-8-14-41)47-36(50)31-22-42-16-17-43-31/h5-6,9-10,16-17,22,24,27-30,32-33,35H,3-4,7-8,11-15,18-21,23H2,1-2H3,(H,44,52)(H,45,51)(H,46,53)(H,47,50)/t28-,29-,30?,32-,33-,35+/m0/s1. The Morgan fingerprint density at radius 1 is 0.944 bits per heavy atom. The van der Waals surface area contributed by atoms with E-state index in [4.69, 9.17) is 0 Å². The second-order valence-corrected chi connectivity index (χ2v) is 16.6. The van der Waals surface area contributed by atoms with Gasteiger partial charge in [0, 0.05) is 25.5 Å². The van der Waals surface area contributed by atoms with Crippen molar-refractivity contribution in [2.45, 2.75) is 115 Å². The molecule has 4 N–H and O–H groups in total. The van der Waals surface area contributed by atoms with E-state index in [9.17, 15) is 28.8 Å². The Morgan fingerprint density at radius 3 is 2.31 bits per heavy atom. The molecular formula is C41H53N7O6. The topological polar surface area (TPSA) is 180 Å². The second-order valence-electron chi connectivity index (χ2n) is 16.6. The highest BCUT2D eigenvalue weighted by molar-refractivity contribution is 6.38. The average molecular weight is 740 g/mol. The van der Waals surface area contributed by atoms with Crippen LogP contribution in [0.2, 0.25) is 0 Å². The van der Waals surface area contributed by atoms with Crippen LogP contribution >= 0.6 is 0 Å². The van der Waals surface area contributed by atoms with Gasteiger partial charge in [0.2, 0.25) is 23.5 Å². The highest BCUT2D eigenvalue weighted by atomic mass is 16.2. The number of ketones is 1. The van der Waals surface area contributed by atoms with E-state index in [0.29, 0.717) is 38.8 Å². The molecule has 0 spiro atoms. The van der Waals surface area contributed by atoms with Gasteiger partial charge in [-0.25, -0.2) is 4.98 Å². The first kappa shape index (κ1) is 37.6. The molecule has 0 bridgehead atoms. The normalized spacial score (nSPS) is 24.3. The largest absolute Gasteiger partial charge is 0.349 e. The number of fused-ring (bicyclic) bond motifs is 2. The Morgan fingerprint density at radius 2 is 1.67 bits per heavy atom. The summed E-state index contributed by atoms with van der Waals surface area (Å²) in [6.07, 6.45) is 13.5. The molecule has 6 atom stereocenters. The fraction of sp³-hybridized carbons (Fsp3) is 0.610. The molecule has 2 heterocycles. The van der Waals surface area contributed by atoms with Crippen molar-refractivity contribution in [3.05, 3.63) is 59.7 Å². The highest BCUT2D eigenvalue weighted by Gasteiger charge is 2.58. The predicted molar refractivity (Wildman–Crippen MR) is 198 cm³/mol. The average Bonchev–Trinajstić information content (AvgIpc) is 4.08. The van der Waals surface area contributed by atoms with Crippen LogP contribution in [0.3, 0.4) is 0 Å². The molecule has 13 heteroatoms. The van der Waals surface area contributed by atoms with Gasteiger partial charge >= 0.3 is 0 Å². The summed E-state index contributed by atoms with van der Waals surface area (Å²) in [6.45, 7) is 4.66. The molecule has 5 aliphatic rings. The first-order chi connectivity index (χ1) is 26.1. The molecule has 1 saturated heterocycles. The Balaban J connectivity index is 1.14. The minimum absolute atomic E-state index is 0.0585. The van der Waals surface area contributed by atoms with Gasteiger partial charge in [-0.3, -0.25) is 33.8 Å². The molecule has 3 saturated carbocycles. The number of nitrogens with one attached hydrogen (secondary N) is 4. The summed E-state index contributed by atoms with van der Waals surface area (Å²) in [6, 6.07) is 4.33. The molecule has 5 amide bonds. The van der Waals surface area contributed by atoms with Gasteiger partial charge in [0.1, 0.15) is 23.8 Å². The third-order valence-electron chi connectivity index (χ3n) is 12.5. The first-order valence-corrected chi connectivity index (χ1v) is 19.9. The summed E-state index contributed by atoms with van der Waals surface area (Å²) in [5.41, 5.74) is 1.77. The zero-order valence-corrected chi connectivity index (χ0v) is 31.4. The number of amides is 5. The van der Waals surface area contributed by atoms with E-state index in [2.05, 4.69) is 31.2 Å². The van der Waals surface area contributed by atoms with Gasteiger partial charge < -0.3 is 26.2 Å². The number of carbonyl (C=O) groups is 6. The minimum atomic E-state index is -0.968. The number of nitrogens with zero attached hydrogens (tertiary/aromatic N) is 3. The van der Waals surface area contributed by atoms with Crippen LogP contribution in [0.1, 0.15) is 99.7 Å². The highest BCUT2D eigenvalue weighted by Crippen LogP contribution is 2.50. The molecule has 2 aromatic rings. The number of benzene rings is 1. The molecule has 1 aliphatic heterocycles. The maximum Gasteiger partial charge on any atom is 0.289 e. The number of carbonyl (C=O) groups excluding carboxylic acids is 6. The third-order valence-corrected chi connectivity index (χ3v) is 12.5. The molecule has 7 rings (SSSR count). The maximum atomic E-state index is 15.0. The lowest BCUT2D eigenvalue weighted by Gasteiger charge is -2.41. The second kappa shape index (κ2) is 16.0. The van der Waals surface area contributed by atoms with Crippen molar-refractivity contribution in [1.82, 2.24) is 36.1 Å². The van der Waals surface area contributed by atoms with E-state index in [-0.39, 0.29) is 35.3 Å². The first-order valence-electron chi connectivity index (χ1n) is 19.9. The van der Waals surface area contributed by atoms with E-state index >= 15 is 0 Å². The lowest BCUT2D eigenvalue weighted by atomic mass is 9.70. The van der Waals surface area contributed by atoms with Crippen LogP contribution in [-0.2, 0) is 36.8 Å². The fourth-order valence-electron chi connectivity index (χ4n) is 9.14. The zero-order valence-electron chi connectivity index (χ0n) is 31.4. The molecule has 0 radical (unpaired) electrons. The Hall–Kier alpha value is -4.68. The van der Waals surface area contributed by atoms with E-state index < -0.39 is 59.0 Å². The van der Waals surface area contributed by atoms with Gasteiger partial charge in [-0.2, -0.15) is 0 Å². The van der Waals surface area contributed by atoms with Crippen LogP contribution in [0, 0.1) is 29.1 Å². The van der Waals surface area contributed by atoms with Crippen molar-refractivity contribution in [3.63, 3.8) is 0 Å². The molecule has 13 nitrogen and oxygen atoms in total. The molecule has 288 valence electrons. The summed E-state index contributed by atoms with van der Waals surface area (Å²) in [5, 5.41) is 11.7. The van der Waals surface area contributed by atoms with Crippen LogP contribution in [0.4, 0.5) is 0 Å². The summed E-state index contributed by atoms with van der Waals surface area (Å²) < 4.78 is 0. The summed E-state index contributed by atoms with van der Waals surface area (Å²) in [5.74, 6) is -3.01. The van der Waals surface area contributed by atoms with Crippen LogP contribution in [0.5, 0.6) is 0 Å². The number of hydrogen-bond donors (Lipinski definition) is 4. The maximum absolute atomic E-state index is 15.0. The van der Waals surface area contributed by atoms with E-state index in [1.165, 1.54) is 18.6 Å². The van der Waals surface area contributed by atoms with Crippen molar-refractivity contribution in [1.29, 1.82) is 0 Å². The number of piperidine rings is 1. The van der Waals surface area contributed by atoms with Gasteiger partial charge in [-0.1, -0.05) is 70.2 Å². The number of hydrogen-bond acceptors (Lipinski definition) is 8. The van der Waals surface area contributed by atoms with Gasteiger partial charge in [0.15, 0.2) is 0 Å². The fourth-order valence-corrected chi connectivity index (χ4v) is 9.14. The number of rotatable bonds is 15. The van der Waals surface area contributed by atoms with Crippen LogP contribution in [0.15, 0.2) is 42.9 Å². The zero-order chi connectivity index (χ0) is 38.0. The van der Waals surface area contributed by atoms with Crippen molar-refractivity contribution in [2.75, 3.05) is 13.1 Å². The Kier molecular flexibility index (Phi) is 11.1. The third kappa shape index (κ3) is 8.19. The monoisotopic (exact) mass is 739 g/mol. The van der Waals surface area contributed by atoms with E-state index in [1.807, 2.05) is 38.1 Å². The number of likely N-dealkylation sites (tertiary alicyclic amines) is 1. The molecule has 1 aromatic heterocycles. The summed E-state index contributed by atoms with van der Waals surface area (Å²) in [4.78, 5) is 93.0. The van der Waals surface area contributed by atoms with E-state index in [0.717, 1.165) is 62.5 Å². The molecule has 1 aromatic carbocycles. The number of aromatic nitrogens is 2. The predicted octanol–water partition coefficient (Wildman–Crippen LogP) is 2.67. The van der Waals surface area contributed by atoms with Gasteiger partial charge in [-0.15, -0.1) is 0 Å². The van der Waals surface area contributed by atoms with Gasteiger partial charge in [-0.05, 0) is 85.2 Å². The van der Waals surface area contributed by atoms with Crippen molar-refractivity contribution >= 4 is 35.3 Å². The lowest BCUT2D eigenvalue weighted by molar-refractivity contribution is -0.145. The Labute approximate surface area is 316 Å². The van der Waals surface area contributed by atoms with Crippen molar-refractivity contribution in [2.24, 2.45) is 29.1 Å². The Bertz CT molecular complexity index is 1730. The summed E-state index contributed by atoms with van der Waals surface area (Å²) >= 11 is 0. The summed E-state index contributed by atoms with van der Waals surface area (Å²) in [7, 11) is 0. The quantitative estimate of drug-likeness (QED) is 0.202. The van der Waals surface area contributed by atoms with Crippen LogP contribution in [-0.4, -0.2) is 87.4 Å².